The highest BCUT2D eigenvalue weighted by Crippen LogP contribution is 2.31. The van der Waals surface area contributed by atoms with Crippen LogP contribution in [0.25, 0.3) is 0 Å². The van der Waals surface area contributed by atoms with Crippen LogP contribution in [0.5, 0.6) is 0 Å². The van der Waals surface area contributed by atoms with E-state index < -0.39 is 0 Å². The van der Waals surface area contributed by atoms with Gasteiger partial charge >= 0.3 is 0 Å². The highest BCUT2D eigenvalue weighted by molar-refractivity contribution is 7.12. The highest BCUT2D eigenvalue weighted by Gasteiger charge is 2.29. The van der Waals surface area contributed by atoms with Crippen LogP contribution in [0.15, 0.2) is 12.1 Å². The first-order chi connectivity index (χ1) is 9.70. The summed E-state index contributed by atoms with van der Waals surface area (Å²) in [6, 6.07) is 3.97. The lowest BCUT2D eigenvalue weighted by Crippen LogP contribution is -2.31. The van der Waals surface area contributed by atoms with Gasteiger partial charge in [-0.05, 0) is 30.9 Å². The molecule has 20 heavy (non-hydrogen) atoms. The van der Waals surface area contributed by atoms with Gasteiger partial charge < -0.3 is 10.4 Å². The number of amides is 1. The molecule has 1 aliphatic rings. The first-order valence-electron chi connectivity index (χ1n) is 7.17. The lowest BCUT2D eigenvalue weighted by Gasteiger charge is -2.14. The van der Waals surface area contributed by atoms with Crippen molar-refractivity contribution in [1.82, 2.24) is 5.32 Å². The summed E-state index contributed by atoms with van der Waals surface area (Å²) in [6.45, 7) is 2.85. The van der Waals surface area contributed by atoms with Gasteiger partial charge in [0.1, 0.15) is 0 Å². The van der Waals surface area contributed by atoms with Crippen molar-refractivity contribution in [3.63, 3.8) is 0 Å². The van der Waals surface area contributed by atoms with Gasteiger partial charge in [-0.2, -0.15) is 0 Å². The molecule has 0 saturated heterocycles. The fraction of sp³-hybridized carbons (Fsp3) is 0.562. The van der Waals surface area contributed by atoms with Crippen LogP contribution in [0.4, 0.5) is 0 Å². The van der Waals surface area contributed by atoms with Crippen molar-refractivity contribution in [2.24, 2.45) is 11.8 Å². The molecule has 108 valence electrons. The van der Waals surface area contributed by atoms with Gasteiger partial charge in [0.25, 0.3) is 0 Å². The normalized spacial score (nSPS) is 21.3. The minimum Gasteiger partial charge on any atom is -0.395 e. The van der Waals surface area contributed by atoms with E-state index in [4.69, 9.17) is 5.11 Å². The topological polar surface area (TPSA) is 49.3 Å². The predicted octanol–water partition coefficient (Wildman–Crippen LogP) is 2.53. The molecule has 1 heterocycles. The maximum atomic E-state index is 12.1. The van der Waals surface area contributed by atoms with Crippen molar-refractivity contribution in [2.75, 3.05) is 6.61 Å². The summed E-state index contributed by atoms with van der Waals surface area (Å²) < 4.78 is 0. The Morgan fingerprint density at radius 2 is 2.35 bits per heavy atom. The fourth-order valence-electron chi connectivity index (χ4n) is 2.59. The second-order valence-corrected chi connectivity index (χ2v) is 6.44. The first kappa shape index (κ1) is 15.1. The fourth-order valence-corrected chi connectivity index (χ4v) is 3.41. The van der Waals surface area contributed by atoms with E-state index in [1.165, 1.54) is 12.8 Å². The minimum absolute atomic E-state index is 0.0981. The molecule has 2 atom stereocenters. The largest absolute Gasteiger partial charge is 0.395 e. The van der Waals surface area contributed by atoms with E-state index in [0.29, 0.717) is 18.9 Å². The van der Waals surface area contributed by atoms with Gasteiger partial charge in [-0.3, -0.25) is 4.79 Å². The molecule has 1 aromatic heterocycles. The molecule has 3 nitrogen and oxygen atoms in total. The Balaban J connectivity index is 1.82. The lowest BCUT2D eigenvalue weighted by atomic mass is 9.97. The van der Waals surface area contributed by atoms with Crippen molar-refractivity contribution in [3.05, 3.63) is 21.9 Å². The van der Waals surface area contributed by atoms with Crippen LogP contribution < -0.4 is 5.32 Å². The SMILES string of the molecule is CC1CCCC1C(=O)NCc1ccc(C#CCCO)s1. The summed E-state index contributed by atoms with van der Waals surface area (Å²) in [4.78, 5) is 14.2. The molecule has 1 aromatic rings. The van der Waals surface area contributed by atoms with Crippen LogP contribution in [-0.4, -0.2) is 17.6 Å². The maximum absolute atomic E-state index is 12.1. The summed E-state index contributed by atoms with van der Waals surface area (Å²) in [6.07, 6.45) is 3.86. The van der Waals surface area contributed by atoms with Crippen LogP contribution >= 0.6 is 11.3 Å². The quantitative estimate of drug-likeness (QED) is 0.838. The van der Waals surface area contributed by atoms with Gasteiger partial charge in [-0.15, -0.1) is 11.3 Å². The average molecular weight is 291 g/mol. The summed E-state index contributed by atoms with van der Waals surface area (Å²) in [7, 11) is 0. The number of carbonyl (C=O) groups excluding carboxylic acids is 1. The third-order valence-electron chi connectivity index (χ3n) is 3.75. The number of nitrogens with one attached hydrogen (secondary N) is 1. The number of aliphatic hydroxyl groups excluding tert-OH is 1. The number of carbonyl (C=O) groups is 1. The Labute approximate surface area is 124 Å². The Morgan fingerprint density at radius 3 is 3.05 bits per heavy atom. The zero-order chi connectivity index (χ0) is 14.4. The zero-order valence-corrected chi connectivity index (χ0v) is 12.6. The molecule has 1 amide bonds. The van der Waals surface area contributed by atoms with E-state index in [2.05, 4.69) is 24.1 Å². The summed E-state index contributed by atoms with van der Waals surface area (Å²) >= 11 is 1.60. The molecule has 2 rings (SSSR count). The van der Waals surface area contributed by atoms with Gasteiger partial charge in [0, 0.05) is 17.2 Å². The zero-order valence-electron chi connectivity index (χ0n) is 11.8. The lowest BCUT2D eigenvalue weighted by molar-refractivity contribution is -0.126. The van der Waals surface area contributed by atoms with E-state index in [-0.39, 0.29) is 18.4 Å². The summed E-state index contributed by atoms with van der Waals surface area (Å²) in [5.74, 6) is 6.81. The van der Waals surface area contributed by atoms with Crippen molar-refractivity contribution in [1.29, 1.82) is 0 Å². The van der Waals surface area contributed by atoms with Crippen LogP contribution in [0, 0.1) is 23.7 Å². The van der Waals surface area contributed by atoms with Crippen molar-refractivity contribution < 1.29 is 9.90 Å². The average Bonchev–Trinajstić information content (AvgIpc) is 3.05. The molecule has 0 bridgehead atoms. The van der Waals surface area contributed by atoms with Gasteiger partial charge in [0.15, 0.2) is 0 Å². The molecule has 2 N–H and O–H groups in total. The molecule has 2 unspecified atom stereocenters. The van der Waals surface area contributed by atoms with Gasteiger partial charge in [-0.1, -0.05) is 25.2 Å². The molecule has 1 fully saturated rings. The number of rotatable bonds is 4. The summed E-state index contributed by atoms with van der Waals surface area (Å²) in [5, 5.41) is 11.7. The van der Waals surface area contributed by atoms with Crippen LogP contribution in [0.2, 0.25) is 0 Å². The van der Waals surface area contributed by atoms with Crippen LogP contribution in [0.3, 0.4) is 0 Å². The van der Waals surface area contributed by atoms with E-state index in [1.54, 1.807) is 11.3 Å². The Morgan fingerprint density at radius 1 is 1.50 bits per heavy atom. The van der Waals surface area contributed by atoms with E-state index in [9.17, 15) is 4.79 Å². The van der Waals surface area contributed by atoms with Gasteiger partial charge in [0.05, 0.1) is 18.0 Å². The predicted molar refractivity (Wildman–Crippen MR) is 81.3 cm³/mol. The molecule has 0 spiro atoms. The first-order valence-corrected chi connectivity index (χ1v) is 7.98. The molecule has 4 heteroatoms. The van der Waals surface area contributed by atoms with E-state index in [1.807, 2.05) is 12.1 Å². The second-order valence-electron chi connectivity index (χ2n) is 5.27. The van der Waals surface area contributed by atoms with Crippen molar-refractivity contribution in [2.45, 2.75) is 39.2 Å². The highest BCUT2D eigenvalue weighted by atomic mass is 32.1. The standard InChI is InChI=1S/C16H21NO2S/c1-12-5-4-7-15(12)16(19)17-11-14-9-8-13(20-14)6-2-3-10-18/h8-9,12,15,18H,3-5,7,10-11H2,1H3,(H,17,19). The molecular formula is C16H21NO2S. The monoisotopic (exact) mass is 291 g/mol. The van der Waals surface area contributed by atoms with E-state index in [0.717, 1.165) is 16.2 Å². The molecule has 1 aliphatic carbocycles. The number of aliphatic hydroxyl groups is 1. The Hall–Kier alpha value is -1.31. The smallest absolute Gasteiger partial charge is 0.223 e. The van der Waals surface area contributed by atoms with E-state index >= 15 is 0 Å². The van der Waals surface area contributed by atoms with Crippen LogP contribution in [-0.2, 0) is 11.3 Å². The Kier molecular flexibility index (Phi) is 5.63. The third-order valence-corrected chi connectivity index (χ3v) is 4.75. The number of hydrogen-bond donors (Lipinski definition) is 2. The minimum atomic E-state index is 0.0981. The Bertz CT molecular complexity index is 512. The molecule has 0 aliphatic heterocycles. The molecule has 0 aromatic carbocycles. The maximum Gasteiger partial charge on any atom is 0.223 e. The number of thiophene rings is 1. The third kappa shape index (κ3) is 4.09. The van der Waals surface area contributed by atoms with Crippen molar-refractivity contribution >= 4 is 17.2 Å². The second kappa shape index (κ2) is 7.47. The molecule has 1 saturated carbocycles. The molecule has 0 radical (unpaired) electrons. The summed E-state index contributed by atoms with van der Waals surface area (Å²) in [5.41, 5.74) is 0. The van der Waals surface area contributed by atoms with Crippen LogP contribution in [0.1, 0.15) is 42.4 Å². The van der Waals surface area contributed by atoms with Crippen molar-refractivity contribution in [3.8, 4) is 11.8 Å². The molecular weight excluding hydrogens is 270 g/mol. The number of hydrogen-bond acceptors (Lipinski definition) is 3. The van der Waals surface area contributed by atoms with Gasteiger partial charge in [-0.25, -0.2) is 0 Å². The van der Waals surface area contributed by atoms with Gasteiger partial charge in [0.2, 0.25) is 5.91 Å².